The summed E-state index contributed by atoms with van der Waals surface area (Å²) in [5, 5.41) is 11.8. The molecule has 0 radical (unpaired) electrons. The molecule has 23 heavy (non-hydrogen) atoms. The molecular weight excluding hydrogens is 328 g/mol. The van der Waals surface area contributed by atoms with Crippen LogP contribution in [0.4, 0.5) is 11.4 Å². The standard InChI is InChI=1S/C12H12N4O6S/c1-23(21,22)16-7-4-2-6(3-5-7)13-9(17)8-10(18)14-12(20)15-11(8)19/h2-5,16H,1H3,(H,13,17)(H3,14,15,18,19,20). The van der Waals surface area contributed by atoms with E-state index in [2.05, 4.69) is 10.0 Å². The van der Waals surface area contributed by atoms with Crippen molar-refractivity contribution in [3.05, 3.63) is 50.7 Å². The third kappa shape index (κ3) is 4.20. The molecule has 10 nitrogen and oxygen atoms in total. The largest absolute Gasteiger partial charge is 0.494 e. The first kappa shape index (κ1) is 16.3. The first-order valence-electron chi connectivity index (χ1n) is 6.10. The Hall–Kier alpha value is -3.08. The van der Waals surface area contributed by atoms with Gasteiger partial charge in [-0.1, -0.05) is 0 Å². The normalized spacial score (nSPS) is 11.0. The highest BCUT2D eigenvalue weighted by Gasteiger charge is 2.17. The van der Waals surface area contributed by atoms with Crippen LogP contribution < -0.4 is 21.3 Å². The van der Waals surface area contributed by atoms with Crippen molar-refractivity contribution in [1.82, 2.24) is 9.97 Å². The van der Waals surface area contributed by atoms with E-state index < -0.39 is 38.6 Å². The molecular formula is C12H12N4O6S. The molecule has 2 aromatic rings. The Balaban J connectivity index is 2.21. The van der Waals surface area contributed by atoms with Gasteiger partial charge in [-0.2, -0.15) is 0 Å². The number of carbonyl (C=O) groups excluding carboxylic acids is 1. The summed E-state index contributed by atoms with van der Waals surface area (Å²) in [5.41, 5.74) is -2.10. The smallest absolute Gasteiger partial charge is 0.328 e. The summed E-state index contributed by atoms with van der Waals surface area (Å²) in [6.07, 6.45) is 0.994. The molecule has 0 bridgehead atoms. The molecule has 0 aliphatic heterocycles. The lowest BCUT2D eigenvalue weighted by atomic mass is 10.2. The van der Waals surface area contributed by atoms with E-state index in [1.165, 1.54) is 24.3 Å². The van der Waals surface area contributed by atoms with Crippen LogP contribution in [0.1, 0.15) is 10.4 Å². The molecule has 0 unspecified atom stereocenters. The van der Waals surface area contributed by atoms with E-state index in [1.807, 2.05) is 9.97 Å². The summed E-state index contributed by atoms with van der Waals surface area (Å²) in [7, 11) is -3.42. The molecule has 2 rings (SSSR count). The SMILES string of the molecule is CS(=O)(=O)Nc1ccc(NC(=O)c2c(O)[nH]c(=O)[nH]c2=O)cc1. The Kier molecular flexibility index (Phi) is 4.22. The second-order valence-corrected chi connectivity index (χ2v) is 6.29. The van der Waals surface area contributed by atoms with Gasteiger partial charge in [0.25, 0.3) is 11.5 Å². The van der Waals surface area contributed by atoms with E-state index in [0.29, 0.717) is 0 Å². The fraction of sp³-hybridized carbons (Fsp3) is 0.0833. The van der Waals surface area contributed by atoms with E-state index >= 15 is 0 Å². The Morgan fingerprint density at radius 1 is 1.09 bits per heavy atom. The molecule has 1 aromatic carbocycles. The lowest BCUT2D eigenvalue weighted by Gasteiger charge is -2.07. The van der Waals surface area contributed by atoms with Gasteiger partial charge in [-0.3, -0.25) is 24.3 Å². The highest BCUT2D eigenvalue weighted by molar-refractivity contribution is 7.92. The Morgan fingerprint density at radius 2 is 1.65 bits per heavy atom. The van der Waals surface area contributed by atoms with E-state index in [1.54, 1.807) is 0 Å². The first-order chi connectivity index (χ1) is 10.7. The number of hydrogen-bond donors (Lipinski definition) is 5. The number of carbonyl (C=O) groups is 1. The Morgan fingerprint density at radius 3 is 2.17 bits per heavy atom. The minimum Gasteiger partial charge on any atom is -0.494 e. The number of rotatable bonds is 4. The maximum Gasteiger partial charge on any atom is 0.328 e. The van der Waals surface area contributed by atoms with Gasteiger partial charge in [0, 0.05) is 11.4 Å². The van der Waals surface area contributed by atoms with Crippen molar-refractivity contribution < 1.29 is 18.3 Å². The van der Waals surface area contributed by atoms with Crippen LogP contribution >= 0.6 is 0 Å². The van der Waals surface area contributed by atoms with Crippen LogP contribution in [0.25, 0.3) is 0 Å². The van der Waals surface area contributed by atoms with Crippen molar-refractivity contribution in [2.75, 3.05) is 16.3 Å². The van der Waals surface area contributed by atoms with Gasteiger partial charge < -0.3 is 10.4 Å². The summed E-state index contributed by atoms with van der Waals surface area (Å²) >= 11 is 0. The fourth-order valence-electron chi connectivity index (χ4n) is 1.71. The summed E-state index contributed by atoms with van der Waals surface area (Å²) in [4.78, 5) is 38.1. The molecule has 122 valence electrons. The molecule has 0 saturated carbocycles. The van der Waals surface area contributed by atoms with E-state index in [-0.39, 0.29) is 11.4 Å². The Bertz CT molecular complexity index is 958. The van der Waals surface area contributed by atoms with Gasteiger partial charge in [0.05, 0.1) is 6.26 Å². The number of aromatic amines is 2. The van der Waals surface area contributed by atoms with E-state index in [0.717, 1.165) is 6.26 Å². The van der Waals surface area contributed by atoms with Crippen LogP contribution in [0.5, 0.6) is 5.88 Å². The topological polar surface area (TPSA) is 161 Å². The number of H-pyrrole nitrogens is 2. The van der Waals surface area contributed by atoms with Gasteiger partial charge in [0.15, 0.2) is 5.56 Å². The number of hydrogen-bond acceptors (Lipinski definition) is 6. The number of sulfonamides is 1. The average molecular weight is 340 g/mol. The minimum absolute atomic E-state index is 0.249. The lowest BCUT2D eigenvalue weighted by Crippen LogP contribution is -2.30. The van der Waals surface area contributed by atoms with Gasteiger partial charge in [-0.05, 0) is 24.3 Å². The zero-order valence-electron chi connectivity index (χ0n) is 11.7. The minimum atomic E-state index is -3.42. The van der Waals surface area contributed by atoms with Crippen LogP contribution in [0, 0.1) is 0 Å². The molecule has 0 aliphatic carbocycles. The maximum absolute atomic E-state index is 12.0. The van der Waals surface area contributed by atoms with Crippen molar-refractivity contribution in [2.45, 2.75) is 0 Å². The number of aromatic nitrogens is 2. The van der Waals surface area contributed by atoms with Gasteiger partial charge in [0.1, 0.15) is 0 Å². The monoisotopic (exact) mass is 340 g/mol. The van der Waals surface area contributed by atoms with Gasteiger partial charge in [-0.15, -0.1) is 0 Å². The predicted molar refractivity (Wildman–Crippen MR) is 82.2 cm³/mol. The number of amides is 1. The van der Waals surface area contributed by atoms with E-state index in [9.17, 15) is 27.9 Å². The quantitative estimate of drug-likeness (QED) is 0.499. The van der Waals surface area contributed by atoms with Crippen molar-refractivity contribution in [1.29, 1.82) is 0 Å². The zero-order valence-corrected chi connectivity index (χ0v) is 12.5. The molecule has 11 heteroatoms. The highest BCUT2D eigenvalue weighted by Crippen LogP contribution is 2.16. The molecule has 0 atom stereocenters. The summed E-state index contributed by atoms with van der Waals surface area (Å²) < 4.78 is 24.4. The number of anilines is 2. The molecule has 0 saturated heterocycles. The lowest BCUT2D eigenvalue weighted by molar-refractivity contribution is 0.102. The first-order valence-corrected chi connectivity index (χ1v) is 7.99. The second kappa shape index (κ2) is 5.96. The van der Waals surface area contributed by atoms with Gasteiger partial charge in [0.2, 0.25) is 15.9 Å². The van der Waals surface area contributed by atoms with Crippen molar-refractivity contribution in [2.24, 2.45) is 0 Å². The zero-order chi connectivity index (χ0) is 17.2. The molecule has 0 spiro atoms. The summed E-state index contributed by atoms with van der Waals surface area (Å²) in [6, 6.07) is 5.58. The van der Waals surface area contributed by atoms with Gasteiger partial charge in [-0.25, -0.2) is 13.2 Å². The van der Waals surface area contributed by atoms with Crippen molar-refractivity contribution in [3.8, 4) is 5.88 Å². The molecule has 1 heterocycles. The third-order valence-corrected chi connectivity index (χ3v) is 3.20. The second-order valence-electron chi connectivity index (χ2n) is 4.54. The molecule has 1 aromatic heterocycles. The predicted octanol–water partition coefficient (Wildman–Crippen LogP) is -0.607. The van der Waals surface area contributed by atoms with Crippen LogP contribution in [0.3, 0.4) is 0 Å². The summed E-state index contributed by atoms with van der Waals surface area (Å²) in [5.74, 6) is -1.80. The molecule has 5 N–H and O–H groups in total. The summed E-state index contributed by atoms with van der Waals surface area (Å²) in [6.45, 7) is 0. The average Bonchev–Trinajstić information content (AvgIpc) is 2.38. The highest BCUT2D eigenvalue weighted by atomic mass is 32.2. The number of benzene rings is 1. The maximum atomic E-state index is 12.0. The third-order valence-electron chi connectivity index (χ3n) is 2.60. The van der Waals surface area contributed by atoms with Crippen molar-refractivity contribution in [3.63, 3.8) is 0 Å². The molecule has 0 aliphatic rings. The fourth-order valence-corrected chi connectivity index (χ4v) is 2.28. The van der Waals surface area contributed by atoms with Crippen molar-refractivity contribution >= 4 is 27.3 Å². The van der Waals surface area contributed by atoms with Crippen LogP contribution in [0.15, 0.2) is 33.9 Å². The van der Waals surface area contributed by atoms with E-state index in [4.69, 9.17) is 0 Å². The Labute approximate surface area is 129 Å². The van der Waals surface area contributed by atoms with Gasteiger partial charge >= 0.3 is 5.69 Å². The number of aromatic hydroxyl groups is 1. The molecule has 1 amide bonds. The van der Waals surface area contributed by atoms with Crippen LogP contribution in [0.2, 0.25) is 0 Å². The number of nitrogens with one attached hydrogen (secondary N) is 4. The van der Waals surface area contributed by atoms with Crippen LogP contribution in [-0.2, 0) is 10.0 Å². The van der Waals surface area contributed by atoms with Crippen LogP contribution in [-0.4, -0.2) is 35.7 Å². The molecule has 0 fully saturated rings.